The molecule has 2 rings (SSSR count). The summed E-state index contributed by atoms with van der Waals surface area (Å²) < 4.78 is 0. The lowest BCUT2D eigenvalue weighted by Crippen LogP contribution is -2.57. The molecule has 1 N–H and O–H groups in total. The quantitative estimate of drug-likeness (QED) is 0.605. The fraction of sp³-hybridized carbons (Fsp3) is 0.778. The highest BCUT2D eigenvalue weighted by Gasteiger charge is 2.38. The van der Waals surface area contributed by atoms with Gasteiger partial charge in [-0.3, -0.25) is 4.90 Å². The van der Waals surface area contributed by atoms with Crippen molar-refractivity contribution in [2.24, 2.45) is 0 Å². The predicted molar refractivity (Wildman–Crippen MR) is 85.8 cm³/mol. The van der Waals surface area contributed by atoms with E-state index in [0.29, 0.717) is 18.1 Å². The van der Waals surface area contributed by atoms with Crippen molar-refractivity contribution in [1.82, 2.24) is 4.90 Å². The van der Waals surface area contributed by atoms with Crippen molar-refractivity contribution in [2.75, 3.05) is 0 Å². The van der Waals surface area contributed by atoms with E-state index in [2.05, 4.69) is 43.1 Å². The first kappa shape index (κ1) is 15.8. The molecule has 0 aromatic carbocycles. The van der Waals surface area contributed by atoms with Crippen molar-refractivity contribution < 1.29 is 5.11 Å². The maximum atomic E-state index is 10.1. The van der Waals surface area contributed by atoms with E-state index < -0.39 is 0 Å². The summed E-state index contributed by atoms with van der Waals surface area (Å²) in [4.78, 5) is 2.58. The molecule has 0 bridgehead atoms. The van der Waals surface area contributed by atoms with Crippen LogP contribution < -0.4 is 0 Å². The Morgan fingerprint density at radius 1 is 1.15 bits per heavy atom. The molecule has 0 aliphatic carbocycles. The van der Waals surface area contributed by atoms with Crippen molar-refractivity contribution >= 4 is 0 Å². The summed E-state index contributed by atoms with van der Waals surface area (Å²) in [5.74, 6) is 0. The fourth-order valence-corrected chi connectivity index (χ4v) is 3.75. The number of piperidine rings is 2. The Morgan fingerprint density at radius 3 is 2.80 bits per heavy atom. The summed E-state index contributed by atoms with van der Waals surface area (Å²) in [6, 6.07) is 1.53. The molecule has 0 radical (unpaired) electrons. The summed E-state index contributed by atoms with van der Waals surface area (Å²) in [7, 11) is 0. The third-order valence-corrected chi connectivity index (χ3v) is 4.97. The molecule has 0 aromatic heterocycles. The lowest BCUT2D eigenvalue weighted by molar-refractivity contribution is -0.0460. The van der Waals surface area contributed by atoms with Crippen LogP contribution in [0.3, 0.4) is 0 Å². The van der Waals surface area contributed by atoms with Crippen molar-refractivity contribution in [1.29, 1.82) is 0 Å². The average Bonchev–Trinajstić information content (AvgIpc) is 2.46. The molecule has 20 heavy (non-hydrogen) atoms. The van der Waals surface area contributed by atoms with Gasteiger partial charge in [-0.2, -0.15) is 0 Å². The smallest absolute Gasteiger partial charge is 0.0693 e. The monoisotopic (exact) mass is 277 g/mol. The number of rotatable bonds is 5. The van der Waals surface area contributed by atoms with E-state index >= 15 is 0 Å². The van der Waals surface area contributed by atoms with Crippen LogP contribution in [0.4, 0.5) is 0 Å². The molecule has 2 saturated heterocycles. The SMILES string of the molecule is CCCC/C=C/C=C/[C@@H]1CCC[C@H]2CC[C@@H](O)[C@H](C)N21. The molecule has 2 aliphatic rings. The van der Waals surface area contributed by atoms with E-state index in [-0.39, 0.29) is 6.10 Å². The van der Waals surface area contributed by atoms with Gasteiger partial charge in [-0.15, -0.1) is 0 Å². The predicted octanol–water partition coefficient (Wildman–Crippen LogP) is 4.06. The normalized spacial score (nSPS) is 35.8. The molecule has 2 nitrogen and oxygen atoms in total. The lowest BCUT2D eigenvalue weighted by atomic mass is 9.84. The second-order valence-corrected chi connectivity index (χ2v) is 6.44. The summed E-state index contributed by atoms with van der Waals surface area (Å²) >= 11 is 0. The Kier molecular flexibility index (Phi) is 6.31. The first-order valence-corrected chi connectivity index (χ1v) is 8.53. The maximum absolute atomic E-state index is 10.1. The third-order valence-electron chi connectivity index (χ3n) is 4.97. The van der Waals surface area contributed by atoms with Crippen molar-refractivity contribution in [3.05, 3.63) is 24.3 Å². The number of allylic oxidation sites excluding steroid dienone is 3. The molecule has 114 valence electrons. The zero-order chi connectivity index (χ0) is 14.4. The molecule has 2 heteroatoms. The van der Waals surface area contributed by atoms with Gasteiger partial charge in [0.15, 0.2) is 0 Å². The van der Waals surface area contributed by atoms with Crippen molar-refractivity contribution in [2.45, 2.75) is 89.4 Å². The minimum atomic E-state index is -0.139. The van der Waals surface area contributed by atoms with Crippen LogP contribution >= 0.6 is 0 Å². The van der Waals surface area contributed by atoms with Gasteiger partial charge < -0.3 is 5.11 Å². The fourth-order valence-electron chi connectivity index (χ4n) is 3.75. The number of nitrogens with zero attached hydrogens (tertiary/aromatic N) is 1. The first-order chi connectivity index (χ1) is 9.74. The number of aliphatic hydroxyl groups excluding tert-OH is 1. The van der Waals surface area contributed by atoms with E-state index in [1.807, 2.05) is 0 Å². The number of aliphatic hydroxyl groups is 1. The van der Waals surface area contributed by atoms with E-state index in [0.717, 1.165) is 6.42 Å². The molecule has 0 unspecified atom stereocenters. The largest absolute Gasteiger partial charge is 0.392 e. The maximum Gasteiger partial charge on any atom is 0.0693 e. The number of hydrogen-bond donors (Lipinski definition) is 1. The Morgan fingerprint density at radius 2 is 2.00 bits per heavy atom. The highest BCUT2D eigenvalue weighted by molar-refractivity contribution is 5.09. The summed E-state index contributed by atoms with van der Waals surface area (Å²) in [5.41, 5.74) is 0. The van der Waals surface area contributed by atoms with Crippen LogP contribution in [0.1, 0.15) is 65.2 Å². The van der Waals surface area contributed by atoms with Crippen molar-refractivity contribution in [3.8, 4) is 0 Å². The zero-order valence-corrected chi connectivity index (χ0v) is 13.2. The number of fused-ring (bicyclic) bond motifs is 1. The lowest BCUT2D eigenvalue weighted by Gasteiger charge is -2.49. The Bertz CT molecular complexity index is 334. The topological polar surface area (TPSA) is 23.5 Å². The molecular weight excluding hydrogens is 246 g/mol. The second kappa shape index (κ2) is 7.99. The minimum Gasteiger partial charge on any atom is -0.392 e. The summed E-state index contributed by atoms with van der Waals surface area (Å²) in [6.07, 6.45) is 18.7. The number of hydrogen-bond acceptors (Lipinski definition) is 2. The molecule has 0 amide bonds. The molecule has 2 fully saturated rings. The standard InChI is InChI=1S/C18H31NO/c1-3-4-5-6-7-8-10-16-11-9-12-17-13-14-18(20)15(2)19(16)17/h6-8,10,15-18,20H,3-5,9,11-14H2,1-2H3/b7-6+,10-8+/t15-,16+,17-,18+/m0/s1. The Labute approximate surface area is 124 Å². The van der Waals surface area contributed by atoms with Crippen LogP contribution in [0.5, 0.6) is 0 Å². The van der Waals surface area contributed by atoms with E-state index in [9.17, 15) is 5.11 Å². The molecule has 0 saturated carbocycles. The van der Waals surface area contributed by atoms with Crippen LogP contribution in [0.15, 0.2) is 24.3 Å². The van der Waals surface area contributed by atoms with Crippen molar-refractivity contribution in [3.63, 3.8) is 0 Å². The molecule has 2 aliphatic heterocycles. The zero-order valence-electron chi connectivity index (χ0n) is 13.2. The second-order valence-electron chi connectivity index (χ2n) is 6.44. The van der Waals surface area contributed by atoms with E-state index in [1.165, 1.54) is 44.9 Å². The van der Waals surface area contributed by atoms with Gasteiger partial charge in [0.05, 0.1) is 6.10 Å². The van der Waals surface area contributed by atoms with Gasteiger partial charge in [0.25, 0.3) is 0 Å². The van der Waals surface area contributed by atoms with Crippen LogP contribution in [0.2, 0.25) is 0 Å². The average molecular weight is 277 g/mol. The van der Waals surface area contributed by atoms with Crippen LogP contribution in [-0.2, 0) is 0 Å². The van der Waals surface area contributed by atoms with Gasteiger partial charge in [-0.25, -0.2) is 0 Å². The Balaban J connectivity index is 1.92. The minimum absolute atomic E-state index is 0.139. The van der Waals surface area contributed by atoms with E-state index in [4.69, 9.17) is 0 Å². The van der Waals surface area contributed by atoms with Gasteiger partial charge in [-0.1, -0.05) is 50.5 Å². The number of unbranched alkanes of at least 4 members (excludes halogenated alkanes) is 2. The van der Waals surface area contributed by atoms with Gasteiger partial charge in [0.2, 0.25) is 0 Å². The Hall–Kier alpha value is -0.600. The highest BCUT2D eigenvalue weighted by Crippen LogP contribution is 2.34. The molecular formula is C18H31NO. The van der Waals surface area contributed by atoms with Gasteiger partial charge in [0.1, 0.15) is 0 Å². The highest BCUT2D eigenvalue weighted by atomic mass is 16.3. The van der Waals surface area contributed by atoms with Crippen LogP contribution in [0, 0.1) is 0 Å². The molecule has 2 heterocycles. The third kappa shape index (κ3) is 3.95. The molecule has 0 spiro atoms. The summed E-state index contributed by atoms with van der Waals surface area (Å²) in [5, 5.41) is 10.1. The molecule has 4 atom stereocenters. The first-order valence-electron chi connectivity index (χ1n) is 8.53. The van der Waals surface area contributed by atoms with E-state index in [1.54, 1.807) is 0 Å². The molecule has 0 aromatic rings. The van der Waals surface area contributed by atoms with Gasteiger partial charge >= 0.3 is 0 Å². The summed E-state index contributed by atoms with van der Waals surface area (Å²) in [6.45, 7) is 4.43. The van der Waals surface area contributed by atoms with Gasteiger partial charge in [-0.05, 0) is 39.0 Å². The van der Waals surface area contributed by atoms with Gasteiger partial charge in [0, 0.05) is 18.1 Å². The van der Waals surface area contributed by atoms with Crippen LogP contribution in [0.25, 0.3) is 0 Å². The van der Waals surface area contributed by atoms with Crippen LogP contribution in [-0.4, -0.2) is 34.2 Å².